The molecule has 2 aromatic rings. The first-order valence-corrected chi connectivity index (χ1v) is 21.1. The third-order valence-corrected chi connectivity index (χ3v) is 16.9. The summed E-state index contributed by atoms with van der Waals surface area (Å²) in [5.74, 6) is 2.04. The third kappa shape index (κ3) is 7.98. The molecule has 2 fully saturated rings. The molecule has 266 valence electrons. The zero-order chi connectivity index (χ0) is 34.4. The summed E-state index contributed by atoms with van der Waals surface area (Å²) in [6.45, 7) is 10.00. The van der Waals surface area contributed by atoms with Crippen molar-refractivity contribution < 1.29 is 41.5 Å². The van der Waals surface area contributed by atoms with E-state index in [1.54, 1.807) is 27.7 Å². The lowest BCUT2D eigenvalue weighted by Crippen LogP contribution is -2.45. The quantitative estimate of drug-likeness (QED) is 0.118. The van der Waals surface area contributed by atoms with Gasteiger partial charge in [0.2, 0.25) is 0 Å². The van der Waals surface area contributed by atoms with Crippen molar-refractivity contribution in [1.82, 2.24) is 0 Å². The number of rotatable bonds is 17. The molecule has 9 nitrogen and oxygen atoms in total. The normalized spacial score (nSPS) is 25.3. The summed E-state index contributed by atoms with van der Waals surface area (Å²) in [6.07, 6.45) is 5.70. The van der Waals surface area contributed by atoms with E-state index < -0.39 is 26.6 Å². The Hall–Kier alpha value is -1.99. The summed E-state index contributed by atoms with van der Waals surface area (Å²) in [4.78, 5) is 13.5. The molecular weight excluding hydrogens is 650 g/mol. The Morgan fingerprint density at radius 1 is 0.854 bits per heavy atom. The third-order valence-electron chi connectivity index (χ3n) is 10.7. The fraction of sp³-hybridized carbons (Fsp3) is 0.649. The Morgan fingerprint density at radius 2 is 1.50 bits per heavy atom. The van der Waals surface area contributed by atoms with Crippen molar-refractivity contribution in [3.63, 3.8) is 0 Å². The molecule has 0 bridgehead atoms. The van der Waals surface area contributed by atoms with Crippen LogP contribution in [0.1, 0.15) is 102 Å². The Morgan fingerprint density at radius 3 is 2.12 bits per heavy atom. The van der Waals surface area contributed by atoms with Gasteiger partial charge in [-0.05, 0) is 119 Å². The van der Waals surface area contributed by atoms with E-state index in [0.29, 0.717) is 24.4 Å². The first-order chi connectivity index (χ1) is 23.1. The largest absolute Gasteiger partial charge is 0.489 e. The molecular formula is C37H54O9P2. The number of esters is 1. The number of hydrogen-bond donors (Lipinski definition) is 0. The zero-order valence-corrected chi connectivity index (χ0v) is 31.1. The predicted octanol–water partition coefficient (Wildman–Crippen LogP) is 9.67. The van der Waals surface area contributed by atoms with E-state index in [1.807, 2.05) is 18.2 Å². The second-order valence-electron chi connectivity index (χ2n) is 13.4. The molecule has 3 aliphatic rings. The number of hydrogen-bond acceptors (Lipinski definition) is 9. The summed E-state index contributed by atoms with van der Waals surface area (Å²) >= 11 is 0. The second kappa shape index (κ2) is 16.4. The Kier molecular flexibility index (Phi) is 12.7. The molecule has 0 N–H and O–H groups in total. The summed E-state index contributed by atoms with van der Waals surface area (Å²) in [6, 6.07) is 16.9. The minimum Gasteiger partial charge on any atom is -0.489 e. The molecule has 0 amide bonds. The van der Waals surface area contributed by atoms with Crippen molar-refractivity contribution in [1.29, 1.82) is 0 Å². The van der Waals surface area contributed by atoms with Crippen LogP contribution in [0, 0.1) is 17.3 Å². The molecule has 2 saturated carbocycles. The van der Waals surface area contributed by atoms with Crippen LogP contribution in [0.15, 0.2) is 48.5 Å². The average Bonchev–Trinajstić information content (AvgIpc) is 3.40. The van der Waals surface area contributed by atoms with Crippen LogP contribution in [-0.4, -0.2) is 43.9 Å². The summed E-state index contributed by atoms with van der Waals surface area (Å²) < 4.78 is 62.5. The summed E-state index contributed by atoms with van der Waals surface area (Å²) in [5, 5.41) is -1.23. The van der Waals surface area contributed by atoms with Crippen molar-refractivity contribution in [2.45, 2.75) is 110 Å². The highest BCUT2D eigenvalue weighted by Crippen LogP contribution is 2.71. The molecule has 0 spiro atoms. The second-order valence-corrected chi connectivity index (χ2v) is 18.3. The van der Waals surface area contributed by atoms with E-state index in [-0.39, 0.29) is 50.8 Å². The molecule has 0 saturated heterocycles. The van der Waals surface area contributed by atoms with Gasteiger partial charge in [-0.25, -0.2) is 0 Å². The van der Waals surface area contributed by atoms with E-state index >= 15 is 0 Å². The maximum absolute atomic E-state index is 13.9. The first kappa shape index (κ1) is 37.3. The van der Waals surface area contributed by atoms with Gasteiger partial charge in [0.05, 0.1) is 26.4 Å². The molecule has 48 heavy (non-hydrogen) atoms. The zero-order valence-electron chi connectivity index (χ0n) is 29.3. The lowest BCUT2D eigenvalue weighted by atomic mass is 9.55. The summed E-state index contributed by atoms with van der Waals surface area (Å²) in [5.41, 5.74) is 3.90. The highest BCUT2D eigenvalue weighted by atomic mass is 31.2. The molecule has 11 heteroatoms. The van der Waals surface area contributed by atoms with Gasteiger partial charge < -0.3 is 27.6 Å². The van der Waals surface area contributed by atoms with E-state index in [1.165, 1.54) is 11.1 Å². The van der Waals surface area contributed by atoms with Gasteiger partial charge in [0.15, 0.2) is 5.40 Å². The summed E-state index contributed by atoms with van der Waals surface area (Å²) in [7, 11) is -7.87. The number of ether oxygens (including phenoxy) is 2. The SMILES string of the molecule is CCOP(=O)(OCC)C(CCC(=O)O[C@H]1CC[C@H]2[C@@H]3CCc4cc(OCc5ccccc5)ccc4[C@H]3CC[C@]12C)P(=O)(OCC)OCC. The van der Waals surface area contributed by atoms with Gasteiger partial charge in [-0.2, -0.15) is 0 Å². The first-order valence-electron chi connectivity index (χ1n) is 17.9. The van der Waals surface area contributed by atoms with Crippen LogP contribution in [0.4, 0.5) is 0 Å². The standard InChI is InChI=1S/C37H54O9P2/c1-6-42-47(39,43-7-2)36(48(40,44-8-3)45-9-4)22-21-35(38)46-34-20-19-33-32-17-15-28-25-29(41-26-27-13-11-10-12-14-27)16-18-30(28)31(32)23-24-37(33,34)5/h10-14,16,18,25,31-34,36H,6-9,15,17,19-24,26H2,1-5H3/t31-,32-,33+,34+,37+/m1/s1. The fourth-order valence-electron chi connectivity index (χ4n) is 8.63. The van der Waals surface area contributed by atoms with Crippen LogP contribution in [0.5, 0.6) is 5.75 Å². The monoisotopic (exact) mass is 704 g/mol. The van der Waals surface area contributed by atoms with Crippen LogP contribution < -0.4 is 4.74 Å². The van der Waals surface area contributed by atoms with E-state index in [4.69, 9.17) is 27.6 Å². The predicted molar refractivity (Wildman–Crippen MR) is 186 cm³/mol. The fourth-order valence-corrected chi connectivity index (χ4v) is 14.0. The molecule has 0 radical (unpaired) electrons. The van der Waals surface area contributed by atoms with Crippen LogP contribution in [0.25, 0.3) is 0 Å². The van der Waals surface area contributed by atoms with Gasteiger partial charge in [0.1, 0.15) is 18.5 Å². The molecule has 0 unspecified atom stereocenters. The Bertz CT molecular complexity index is 1420. The maximum atomic E-state index is 13.9. The number of fused-ring (bicyclic) bond motifs is 5. The van der Waals surface area contributed by atoms with Gasteiger partial charge in [0, 0.05) is 11.8 Å². The van der Waals surface area contributed by atoms with Crippen molar-refractivity contribution >= 4 is 21.2 Å². The number of carbonyl (C=O) groups excluding carboxylic acids is 1. The molecule has 3 aliphatic carbocycles. The Balaban J connectivity index is 1.23. The minimum absolute atomic E-state index is 0.0568. The van der Waals surface area contributed by atoms with Crippen LogP contribution in [0.2, 0.25) is 0 Å². The van der Waals surface area contributed by atoms with Gasteiger partial charge in [-0.15, -0.1) is 0 Å². The van der Waals surface area contributed by atoms with Crippen molar-refractivity contribution in [2.75, 3.05) is 26.4 Å². The van der Waals surface area contributed by atoms with Crippen LogP contribution in [-0.2, 0) is 49.8 Å². The minimum atomic E-state index is -3.93. The molecule has 0 aromatic heterocycles. The van der Waals surface area contributed by atoms with Gasteiger partial charge >= 0.3 is 21.2 Å². The van der Waals surface area contributed by atoms with Gasteiger partial charge in [0.25, 0.3) is 0 Å². The lowest BCUT2D eigenvalue weighted by Gasteiger charge is -2.50. The number of aryl methyl sites for hydroxylation is 1. The number of benzene rings is 2. The molecule has 0 heterocycles. The highest BCUT2D eigenvalue weighted by Gasteiger charge is 2.56. The lowest BCUT2D eigenvalue weighted by molar-refractivity contribution is -0.157. The molecule has 2 aromatic carbocycles. The topological polar surface area (TPSA) is 107 Å². The van der Waals surface area contributed by atoms with Crippen LogP contribution in [0.3, 0.4) is 0 Å². The van der Waals surface area contributed by atoms with Crippen molar-refractivity contribution in [2.24, 2.45) is 17.3 Å². The average molecular weight is 705 g/mol. The highest BCUT2D eigenvalue weighted by molar-refractivity contribution is 7.72. The smallest absolute Gasteiger partial charge is 0.345 e. The number of carbonyl (C=O) groups is 1. The molecule has 0 aliphatic heterocycles. The van der Waals surface area contributed by atoms with Gasteiger partial charge in [-0.3, -0.25) is 13.9 Å². The van der Waals surface area contributed by atoms with E-state index in [0.717, 1.165) is 49.8 Å². The molecule has 5 rings (SSSR count). The van der Waals surface area contributed by atoms with Gasteiger partial charge in [-0.1, -0.05) is 43.3 Å². The van der Waals surface area contributed by atoms with E-state index in [2.05, 4.69) is 37.3 Å². The van der Waals surface area contributed by atoms with Crippen molar-refractivity contribution in [3.05, 3.63) is 65.2 Å². The molecule has 5 atom stereocenters. The maximum Gasteiger partial charge on any atom is 0.345 e. The van der Waals surface area contributed by atoms with Crippen LogP contribution >= 0.6 is 15.2 Å². The Labute approximate surface area is 286 Å². The van der Waals surface area contributed by atoms with Crippen molar-refractivity contribution in [3.8, 4) is 5.75 Å². The van der Waals surface area contributed by atoms with E-state index in [9.17, 15) is 13.9 Å².